The number of aliphatic carboxylic acids is 1. The Morgan fingerprint density at radius 2 is 1.61 bits per heavy atom. The van der Waals surface area contributed by atoms with E-state index < -0.39 is 5.97 Å². The number of carboxylic acids is 1. The lowest BCUT2D eigenvalue weighted by molar-refractivity contribution is -0.142. The standard InChI is InChI=1S/C18H19NO4/c20-16-10-13-4-2-1-3-12(13)9-15(16)17(21)19-14-7-5-11(6-8-14)18(22)23/h1-4,9-11,14,20H,5-8H2,(H,19,21)(H,22,23). The molecule has 1 fully saturated rings. The number of carboxylic acid groups (broad SMARTS) is 1. The van der Waals surface area contributed by atoms with Crippen LogP contribution in [0.1, 0.15) is 36.0 Å². The number of benzene rings is 2. The highest BCUT2D eigenvalue weighted by Crippen LogP contribution is 2.27. The van der Waals surface area contributed by atoms with Crippen molar-refractivity contribution >= 4 is 22.6 Å². The van der Waals surface area contributed by atoms with Crippen molar-refractivity contribution in [2.24, 2.45) is 5.92 Å². The molecule has 0 heterocycles. The minimum absolute atomic E-state index is 0.0380. The summed E-state index contributed by atoms with van der Waals surface area (Å²) >= 11 is 0. The average Bonchev–Trinajstić information content (AvgIpc) is 2.54. The summed E-state index contributed by atoms with van der Waals surface area (Å²) in [6.45, 7) is 0. The normalized spacial score (nSPS) is 21.0. The van der Waals surface area contributed by atoms with Crippen LogP contribution >= 0.6 is 0 Å². The van der Waals surface area contributed by atoms with Crippen LogP contribution in [0.4, 0.5) is 0 Å². The molecule has 0 radical (unpaired) electrons. The molecule has 1 saturated carbocycles. The van der Waals surface area contributed by atoms with Crippen molar-refractivity contribution in [2.75, 3.05) is 0 Å². The predicted octanol–water partition coefficient (Wildman–Crippen LogP) is 2.92. The fourth-order valence-electron chi connectivity index (χ4n) is 3.16. The maximum Gasteiger partial charge on any atom is 0.306 e. The Balaban J connectivity index is 1.71. The second-order valence-electron chi connectivity index (χ2n) is 6.08. The Morgan fingerprint density at radius 1 is 1.00 bits per heavy atom. The minimum atomic E-state index is -0.762. The van der Waals surface area contributed by atoms with E-state index in [1.165, 1.54) is 0 Å². The highest BCUT2D eigenvalue weighted by Gasteiger charge is 2.27. The lowest BCUT2D eigenvalue weighted by atomic mass is 9.86. The van der Waals surface area contributed by atoms with Crippen LogP contribution in [0.3, 0.4) is 0 Å². The molecule has 1 aliphatic carbocycles. The van der Waals surface area contributed by atoms with Gasteiger partial charge in [-0.2, -0.15) is 0 Å². The van der Waals surface area contributed by atoms with Crippen LogP contribution in [0.15, 0.2) is 36.4 Å². The molecule has 2 aromatic rings. The first-order valence-corrected chi connectivity index (χ1v) is 7.80. The van der Waals surface area contributed by atoms with E-state index in [1.807, 2.05) is 24.3 Å². The van der Waals surface area contributed by atoms with Gasteiger partial charge in [-0.15, -0.1) is 0 Å². The molecule has 120 valence electrons. The molecule has 0 unspecified atom stereocenters. The van der Waals surface area contributed by atoms with Gasteiger partial charge >= 0.3 is 5.97 Å². The zero-order valence-corrected chi connectivity index (χ0v) is 12.7. The SMILES string of the molecule is O=C(NC1CCC(C(=O)O)CC1)c1cc2ccccc2cc1O. The van der Waals surface area contributed by atoms with E-state index in [4.69, 9.17) is 5.11 Å². The third-order valence-corrected chi connectivity index (χ3v) is 4.52. The summed E-state index contributed by atoms with van der Waals surface area (Å²) in [5.74, 6) is -1.42. The van der Waals surface area contributed by atoms with Crippen molar-refractivity contribution in [1.29, 1.82) is 0 Å². The Bertz CT molecular complexity index is 748. The molecule has 23 heavy (non-hydrogen) atoms. The monoisotopic (exact) mass is 313 g/mol. The van der Waals surface area contributed by atoms with Gasteiger partial charge in [-0.1, -0.05) is 24.3 Å². The first kappa shape index (κ1) is 15.3. The van der Waals surface area contributed by atoms with E-state index >= 15 is 0 Å². The maximum absolute atomic E-state index is 12.4. The van der Waals surface area contributed by atoms with Gasteiger partial charge in [0.1, 0.15) is 5.75 Å². The van der Waals surface area contributed by atoms with Gasteiger partial charge in [-0.25, -0.2) is 0 Å². The second kappa shape index (κ2) is 6.28. The van der Waals surface area contributed by atoms with Crippen LogP contribution in [-0.4, -0.2) is 28.1 Å². The molecule has 0 aliphatic heterocycles. The number of nitrogens with one attached hydrogen (secondary N) is 1. The summed E-state index contributed by atoms with van der Waals surface area (Å²) < 4.78 is 0. The maximum atomic E-state index is 12.4. The number of amides is 1. The van der Waals surface area contributed by atoms with Gasteiger partial charge in [0, 0.05) is 6.04 Å². The van der Waals surface area contributed by atoms with Crippen LogP contribution in [0, 0.1) is 5.92 Å². The van der Waals surface area contributed by atoms with Gasteiger partial charge in [0.05, 0.1) is 11.5 Å². The van der Waals surface area contributed by atoms with Gasteiger partial charge in [0.2, 0.25) is 0 Å². The van der Waals surface area contributed by atoms with Crippen LogP contribution < -0.4 is 5.32 Å². The number of aromatic hydroxyl groups is 1. The van der Waals surface area contributed by atoms with Gasteiger partial charge in [-0.05, 0) is 48.6 Å². The zero-order chi connectivity index (χ0) is 16.4. The van der Waals surface area contributed by atoms with Crippen LogP contribution in [0.25, 0.3) is 10.8 Å². The van der Waals surface area contributed by atoms with E-state index in [2.05, 4.69) is 5.32 Å². The molecular formula is C18H19NO4. The number of phenolic OH excluding ortho intramolecular Hbond substituents is 1. The van der Waals surface area contributed by atoms with Crippen LogP contribution in [0.2, 0.25) is 0 Å². The average molecular weight is 313 g/mol. The Kier molecular flexibility index (Phi) is 4.19. The van der Waals surface area contributed by atoms with Crippen molar-refractivity contribution in [2.45, 2.75) is 31.7 Å². The van der Waals surface area contributed by atoms with Crippen molar-refractivity contribution in [3.63, 3.8) is 0 Å². The molecule has 1 amide bonds. The molecule has 0 spiro atoms. The molecule has 1 aliphatic rings. The topological polar surface area (TPSA) is 86.6 Å². The van der Waals surface area contributed by atoms with Crippen molar-refractivity contribution in [3.8, 4) is 5.75 Å². The Labute approximate surface area is 133 Å². The number of rotatable bonds is 3. The van der Waals surface area contributed by atoms with Gasteiger partial charge in [0.25, 0.3) is 5.91 Å². The Hall–Kier alpha value is -2.56. The van der Waals surface area contributed by atoms with Crippen LogP contribution in [-0.2, 0) is 4.79 Å². The molecule has 0 bridgehead atoms. The third kappa shape index (κ3) is 3.28. The summed E-state index contributed by atoms with van der Waals surface area (Å²) in [6, 6.07) is 10.8. The van der Waals surface area contributed by atoms with Gasteiger partial charge < -0.3 is 15.5 Å². The molecule has 2 aromatic carbocycles. The minimum Gasteiger partial charge on any atom is -0.507 e. The molecule has 0 aromatic heterocycles. The Morgan fingerprint density at radius 3 is 2.22 bits per heavy atom. The summed E-state index contributed by atoms with van der Waals surface area (Å²) in [4.78, 5) is 23.4. The molecule has 5 nitrogen and oxygen atoms in total. The lowest BCUT2D eigenvalue weighted by Gasteiger charge is -2.27. The number of fused-ring (bicyclic) bond motifs is 1. The third-order valence-electron chi connectivity index (χ3n) is 4.52. The first-order valence-electron chi connectivity index (χ1n) is 7.80. The summed E-state index contributed by atoms with van der Waals surface area (Å²) in [6.07, 6.45) is 2.45. The van der Waals surface area contributed by atoms with Crippen molar-refractivity contribution < 1.29 is 19.8 Å². The summed E-state index contributed by atoms with van der Waals surface area (Å²) in [5, 5.41) is 23.8. The summed E-state index contributed by atoms with van der Waals surface area (Å²) in [5.41, 5.74) is 0.254. The number of hydrogen-bond donors (Lipinski definition) is 3. The van der Waals surface area contributed by atoms with Crippen molar-refractivity contribution in [1.82, 2.24) is 5.32 Å². The molecule has 3 N–H and O–H groups in total. The van der Waals surface area contributed by atoms with Gasteiger partial charge in [-0.3, -0.25) is 9.59 Å². The predicted molar refractivity (Wildman–Crippen MR) is 86.5 cm³/mol. The van der Waals surface area contributed by atoms with E-state index in [0.717, 1.165) is 10.8 Å². The fourth-order valence-corrected chi connectivity index (χ4v) is 3.16. The summed E-state index contributed by atoms with van der Waals surface area (Å²) in [7, 11) is 0. The molecule has 0 atom stereocenters. The highest BCUT2D eigenvalue weighted by molar-refractivity contribution is 6.01. The second-order valence-corrected chi connectivity index (χ2v) is 6.08. The largest absolute Gasteiger partial charge is 0.507 e. The molecular weight excluding hydrogens is 294 g/mol. The number of carbonyl (C=O) groups is 2. The van der Waals surface area contributed by atoms with Crippen LogP contribution in [0.5, 0.6) is 5.75 Å². The lowest BCUT2D eigenvalue weighted by Crippen LogP contribution is -2.38. The van der Waals surface area contributed by atoms with Gasteiger partial charge in [0.15, 0.2) is 0 Å². The number of phenols is 1. The molecule has 5 heteroatoms. The smallest absolute Gasteiger partial charge is 0.306 e. The van der Waals surface area contributed by atoms with E-state index in [9.17, 15) is 14.7 Å². The molecule has 3 rings (SSSR count). The highest BCUT2D eigenvalue weighted by atomic mass is 16.4. The zero-order valence-electron chi connectivity index (χ0n) is 12.7. The van der Waals surface area contributed by atoms with E-state index in [-0.39, 0.29) is 29.2 Å². The van der Waals surface area contributed by atoms with E-state index in [0.29, 0.717) is 25.7 Å². The molecule has 0 saturated heterocycles. The number of hydrogen-bond acceptors (Lipinski definition) is 3. The fraction of sp³-hybridized carbons (Fsp3) is 0.333. The quantitative estimate of drug-likeness (QED) is 0.813. The van der Waals surface area contributed by atoms with E-state index in [1.54, 1.807) is 12.1 Å². The first-order chi connectivity index (χ1) is 11.0. The number of carbonyl (C=O) groups excluding carboxylic acids is 1. The van der Waals surface area contributed by atoms with Crippen molar-refractivity contribution in [3.05, 3.63) is 42.0 Å².